The van der Waals surface area contributed by atoms with E-state index in [1.807, 2.05) is 98.8 Å². The fraction of sp³-hybridized carbons (Fsp3) is 0.286. The lowest BCUT2D eigenvalue weighted by molar-refractivity contribution is -0.141. The molecule has 0 radical (unpaired) electrons. The van der Waals surface area contributed by atoms with Gasteiger partial charge in [-0.2, -0.15) is 0 Å². The Labute approximate surface area is 201 Å². The predicted octanol–water partition coefficient (Wildman–Crippen LogP) is 5.44. The third-order valence-electron chi connectivity index (χ3n) is 5.46. The van der Waals surface area contributed by atoms with E-state index in [-0.39, 0.29) is 24.3 Å². The Balaban J connectivity index is 1.89. The molecule has 3 aromatic carbocycles. The summed E-state index contributed by atoms with van der Waals surface area (Å²) < 4.78 is 0. The Morgan fingerprint density at radius 1 is 0.848 bits per heavy atom. The first-order valence-electron chi connectivity index (χ1n) is 11.3. The van der Waals surface area contributed by atoms with Gasteiger partial charge in [0.2, 0.25) is 11.8 Å². The normalized spacial score (nSPS) is 11.8. The smallest absolute Gasteiger partial charge is 0.243 e. The Morgan fingerprint density at radius 2 is 1.42 bits per heavy atom. The average molecular weight is 463 g/mol. The number of carbonyl (C=O) groups is 2. The van der Waals surface area contributed by atoms with Crippen molar-refractivity contribution < 1.29 is 9.59 Å². The average Bonchev–Trinajstić information content (AvgIpc) is 2.81. The number of hydrogen-bond acceptors (Lipinski definition) is 2. The Bertz CT molecular complexity index is 1040. The summed E-state index contributed by atoms with van der Waals surface area (Å²) in [5.41, 5.74) is 2.93. The summed E-state index contributed by atoms with van der Waals surface area (Å²) in [4.78, 5) is 28.6. The maximum Gasteiger partial charge on any atom is 0.243 e. The lowest BCUT2D eigenvalue weighted by atomic mass is 10.0. The van der Waals surface area contributed by atoms with Gasteiger partial charge in [0.1, 0.15) is 6.04 Å². The molecule has 2 amide bonds. The highest BCUT2D eigenvalue weighted by Crippen LogP contribution is 2.20. The number of aryl methyl sites for hydroxylation is 1. The maximum atomic E-state index is 13.6. The summed E-state index contributed by atoms with van der Waals surface area (Å²) in [6, 6.07) is 26.6. The molecule has 0 heterocycles. The molecule has 0 fully saturated rings. The molecule has 0 aliphatic rings. The van der Waals surface area contributed by atoms with Crippen molar-refractivity contribution in [3.63, 3.8) is 0 Å². The Hall–Kier alpha value is -3.11. The minimum Gasteiger partial charge on any atom is -0.352 e. The first-order chi connectivity index (χ1) is 15.9. The summed E-state index contributed by atoms with van der Waals surface area (Å²) in [5.74, 6) is -0.213. The zero-order valence-electron chi connectivity index (χ0n) is 19.2. The van der Waals surface area contributed by atoms with Crippen LogP contribution in [0.1, 0.15) is 37.0 Å². The van der Waals surface area contributed by atoms with E-state index in [1.54, 1.807) is 4.90 Å². The summed E-state index contributed by atoms with van der Waals surface area (Å²) in [5, 5.41) is 3.66. The minimum absolute atomic E-state index is 0.0208. The SMILES string of the molecule is CC(C)NC(=O)C(Cc1ccccc1)N(Cc1ccccc1)C(=O)CCc1ccccc1Cl. The highest BCUT2D eigenvalue weighted by molar-refractivity contribution is 6.31. The molecule has 33 heavy (non-hydrogen) atoms. The molecule has 0 aromatic heterocycles. The van der Waals surface area contributed by atoms with Gasteiger partial charge in [-0.15, -0.1) is 0 Å². The van der Waals surface area contributed by atoms with Gasteiger partial charge in [0.05, 0.1) is 0 Å². The van der Waals surface area contributed by atoms with Crippen molar-refractivity contribution in [3.8, 4) is 0 Å². The lowest BCUT2D eigenvalue weighted by Crippen LogP contribution is -2.51. The quantitative estimate of drug-likeness (QED) is 0.436. The molecule has 1 unspecified atom stereocenters. The van der Waals surface area contributed by atoms with E-state index in [9.17, 15) is 9.59 Å². The minimum atomic E-state index is -0.617. The van der Waals surface area contributed by atoms with Crippen LogP contribution in [0.25, 0.3) is 0 Å². The lowest BCUT2D eigenvalue weighted by Gasteiger charge is -2.32. The van der Waals surface area contributed by atoms with Gasteiger partial charge in [0.25, 0.3) is 0 Å². The molecular formula is C28H31ClN2O2. The number of hydrogen-bond donors (Lipinski definition) is 1. The number of nitrogens with one attached hydrogen (secondary N) is 1. The van der Waals surface area contributed by atoms with Gasteiger partial charge in [-0.1, -0.05) is 90.5 Å². The fourth-order valence-corrected chi connectivity index (χ4v) is 4.03. The molecule has 3 rings (SSSR count). The zero-order valence-corrected chi connectivity index (χ0v) is 20.0. The van der Waals surface area contributed by atoms with Gasteiger partial charge in [0.15, 0.2) is 0 Å². The molecule has 1 atom stereocenters. The molecule has 5 heteroatoms. The van der Waals surface area contributed by atoms with Crippen molar-refractivity contribution >= 4 is 23.4 Å². The number of carbonyl (C=O) groups excluding carboxylic acids is 2. The number of halogens is 1. The molecule has 4 nitrogen and oxygen atoms in total. The van der Waals surface area contributed by atoms with E-state index < -0.39 is 6.04 Å². The molecule has 3 aromatic rings. The van der Waals surface area contributed by atoms with Crippen LogP contribution in [0.5, 0.6) is 0 Å². The van der Waals surface area contributed by atoms with Crippen LogP contribution in [0.4, 0.5) is 0 Å². The number of amides is 2. The summed E-state index contributed by atoms with van der Waals surface area (Å²) in [6.45, 7) is 4.22. The van der Waals surface area contributed by atoms with Crippen molar-refractivity contribution in [3.05, 3.63) is 107 Å². The number of rotatable bonds is 10. The summed E-state index contributed by atoms with van der Waals surface area (Å²) in [6.07, 6.45) is 1.24. The highest BCUT2D eigenvalue weighted by Gasteiger charge is 2.30. The number of benzene rings is 3. The third-order valence-corrected chi connectivity index (χ3v) is 5.83. The van der Waals surface area contributed by atoms with Crippen LogP contribution < -0.4 is 5.32 Å². The first kappa shape index (κ1) is 24.5. The molecule has 0 aliphatic heterocycles. The second-order valence-electron chi connectivity index (χ2n) is 8.47. The molecular weight excluding hydrogens is 432 g/mol. The van der Waals surface area contributed by atoms with E-state index in [2.05, 4.69) is 5.32 Å². The molecule has 1 N–H and O–H groups in total. The second-order valence-corrected chi connectivity index (χ2v) is 8.87. The molecule has 0 bridgehead atoms. The van der Waals surface area contributed by atoms with Crippen LogP contribution in [0, 0.1) is 0 Å². The van der Waals surface area contributed by atoms with Gasteiger partial charge in [-0.25, -0.2) is 0 Å². The van der Waals surface area contributed by atoms with Gasteiger partial charge < -0.3 is 10.2 Å². The van der Waals surface area contributed by atoms with Crippen LogP contribution in [0.15, 0.2) is 84.9 Å². The summed E-state index contributed by atoms with van der Waals surface area (Å²) in [7, 11) is 0. The monoisotopic (exact) mass is 462 g/mol. The van der Waals surface area contributed by atoms with Gasteiger partial charge in [-0.3, -0.25) is 9.59 Å². The highest BCUT2D eigenvalue weighted by atomic mass is 35.5. The summed E-state index contributed by atoms with van der Waals surface area (Å²) >= 11 is 6.31. The molecule has 0 spiro atoms. The van der Waals surface area contributed by atoms with Crippen LogP contribution in [0.3, 0.4) is 0 Å². The van der Waals surface area contributed by atoms with E-state index in [0.717, 1.165) is 16.7 Å². The maximum absolute atomic E-state index is 13.6. The molecule has 172 valence electrons. The van der Waals surface area contributed by atoms with Crippen molar-refractivity contribution in [2.45, 2.75) is 51.7 Å². The zero-order chi connectivity index (χ0) is 23.6. The Kier molecular flexibility index (Phi) is 9.08. The number of nitrogens with zero attached hydrogens (tertiary/aromatic N) is 1. The van der Waals surface area contributed by atoms with E-state index in [0.29, 0.717) is 24.4 Å². The first-order valence-corrected chi connectivity index (χ1v) is 11.7. The Morgan fingerprint density at radius 3 is 2.03 bits per heavy atom. The second kappa shape index (κ2) is 12.2. The predicted molar refractivity (Wildman–Crippen MR) is 134 cm³/mol. The van der Waals surface area contributed by atoms with Crippen molar-refractivity contribution in [2.24, 2.45) is 0 Å². The van der Waals surface area contributed by atoms with Crippen molar-refractivity contribution in [1.82, 2.24) is 10.2 Å². The van der Waals surface area contributed by atoms with E-state index in [4.69, 9.17) is 11.6 Å². The standard InChI is InChI=1S/C28H31ClN2O2/c1-21(2)30-28(33)26(19-22-11-5-3-6-12-22)31(20-23-13-7-4-8-14-23)27(32)18-17-24-15-9-10-16-25(24)29/h3-16,21,26H,17-20H2,1-2H3,(H,30,33). The molecule has 0 aliphatic carbocycles. The van der Waals surface area contributed by atoms with E-state index in [1.165, 1.54) is 0 Å². The van der Waals surface area contributed by atoms with Gasteiger partial charge in [-0.05, 0) is 43.0 Å². The van der Waals surface area contributed by atoms with Gasteiger partial charge >= 0.3 is 0 Å². The fourth-order valence-electron chi connectivity index (χ4n) is 3.80. The van der Waals surface area contributed by atoms with E-state index >= 15 is 0 Å². The van der Waals surface area contributed by atoms with Crippen LogP contribution in [-0.4, -0.2) is 28.8 Å². The van der Waals surface area contributed by atoms with Crippen LogP contribution >= 0.6 is 11.6 Å². The van der Waals surface area contributed by atoms with Crippen LogP contribution in [0.2, 0.25) is 5.02 Å². The molecule has 0 saturated heterocycles. The van der Waals surface area contributed by atoms with Crippen molar-refractivity contribution in [2.75, 3.05) is 0 Å². The van der Waals surface area contributed by atoms with Crippen LogP contribution in [-0.2, 0) is 29.0 Å². The van der Waals surface area contributed by atoms with Gasteiger partial charge in [0, 0.05) is 30.5 Å². The topological polar surface area (TPSA) is 49.4 Å². The van der Waals surface area contributed by atoms with Crippen molar-refractivity contribution in [1.29, 1.82) is 0 Å². The largest absolute Gasteiger partial charge is 0.352 e. The third kappa shape index (κ3) is 7.47. The molecule has 0 saturated carbocycles.